The Labute approximate surface area is 150 Å². The smallest absolute Gasteiger partial charge is 0.171 e. The van der Waals surface area contributed by atoms with E-state index < -0.39 is 0 Å². The minimum absolute atomic E-state index is 0. The molecule has 0 amide bonds. The van der Waals surface area contributed by atoms with Crippen LogP contribution in [0.25, 0.3) is 0 Å². The number of halogens is 1. The first-order chi connectivity index (χ1) is 11.3. The number of nitrogens with zero attached hydrogens (tertiary/aromatic N) is 1. The molecule has 0 radical (unpaired) electrons. The molecule has 1 aliphatic heterocycles. The minimum atomic E-state index is 0. The Morgan fingerprint density at radius 3 is 2.42 bits per heavy atom. The molecule has 0 aromatic heterocycles. The molecule has 0 atom stereocenters. The van der Waals surface area contributed by atoms with Gasteiger partial charge in [0.25, 0.3) is 0 Å². The lowest BCUT2D eigenvalue weighted by molar-refractivity contribution is -0.194. The molecule has 2 aromatic carbocycles. The molecule has 3 rings (SSSR count). The van der Waals surface area contributed by atoms with E-state index in [4.69, 9.17) is 9.78 Å². The molecular formula is C20H26ClNO2. The summed E-state index contributed by atoms with van der Waals surface area (Å²) < 4.78 is 0. The van der Waals surface area contributed by atoms with Gasteiger partial charge in [0, 0.05) is 18.7 Å². The monoisotopic (exact) mass is 347 g/mol. The first-order valence-electron chi connectivity index (χ1n) is 8.52. The van der Waals surface area contributed by atoms with Gasteiger partial charge in [0.05, 0.1) is 0 Å². The Kier molecular flexibility index (Phi) is 7.57. The van der Waals surface area contributed by atoms with Crippen LogP contribution >= 0.6 is 12.4 Å². The predicted molar refractivity (Wildman–Crippen MR) is 99.7 cm³/mol. The van der Waals surface area contributed by atoms with Crippen LogP contribution in [0, 0.1) is 0 Å². The van der Waals surface area contributed by atoms with E-state index in [2.05, 4.69) is 60.4 Å². The summed E-state index contributed by atoms with van der Waals surface area (Å²) in [7, 11) is 0. The maximum absolute atomic E-state index is 5.19. The van der Waals surface area contributed by atoms with E-state index in [1.807, 2.05) is 0 Å². The number of fused-ring (bicyclic) bond motifs is 1. The number of rotatable bonds is 8. The van der Waals surface area contributed by atoms with Crippen molar-refractivity contribution in [2.24, 2.45) is 0 Å². The quantitative estimate of drug-likeness (QED) is 0.659. The predicted octanol–water partition coefficient (Wildman–Crippen LogP) is 4.43. The van der Waals surface area contributed by atoms with Crippen LogP contribution in [0.3, 0.4) is 0 Å². The summed E-state index contributed by atoms with van der Waals surface area (Å²) in [5, 5.41) is 0. The fourth-order valence-corrected chi connectivity index (χ4v) is 2.98. The first-order valence-corrected chi connectivity index (χ1v) is 8.52. The Balaban J connectivity index is 0.00000208. The second kappa shape index (κ2) is 9.67. The first kappa shape index (κ1) is 18.8. The van der Waals surface area contributed by atoms with Crippen molar-refractivity contribution in [3.63, 3.8) is 0 Å². The molecule has 3 nitrogen and oxygen atoms in total. The molecule has 0 aliphatic carbocycles. The molecule has 0 saturated heterocycles. The van der Waals surface area contributed by atoms with Crippen molar-refractivity contribution in [1.82, 2.24) is 4.90 Å². The van der Waals surface area contributed by atoms with Gasteiger partial charge in [0.1, 0.15) is 6.61 Å². The van der Waals surface area contributed by atoms with Crippen molar-refractivity contribution in [3.8, 4) is 5.75 Å². The van der Waals surface area contributed by atoms with E-state index in [1.165, 1.54) is 17.5 Å². The van der Waals surface area contributed by atoms with Gasteiger partial charge in [-0.3, -0.25) is 0 Å². The summed E-state index contributed by atoms with van der Waals surface area (Å²) in [6.45, 7) is 6.16. The Hall–Kier alpha value is -1.55. The van der Waals surface area contributed by atoms with Crippen molar-refractivity contribution in [1.29, 1.82) is 0 Å². The van der Waals surface area contributed by atoms with Crippen molar-refractivity contribution in [2.45, 2.75) is 32.8 Å². The van der Waals surface area contributed by atoms with Crippen LogP contribution in [0.4, 0.5) is 0 Å². The van der Waals surface area contributed by atoms with Crippen molar-refractivity contribution in [2.75, 3.05) is 19.6 Å². The van der Waals surface area contributed by atoms with E-state index in [-0.39, 0.29) is 12.4 Å². The summed E-state index contributed by atoms with van der Waals surface area (Å²) in [6.07, 6.45) is 3.35. The van der Waals surface area contributed by atoms with E-state index in [1.54, 1.807) is 0 Å². The van der Waals surface area contributed by atoms with E-state index in [9.17, 15) is 0 Å². The molecule has 0 unspecified atom stereocenters. The zero-order valence-electron chi connectivity index (χ0n) is 14.2. The third-order valence-electron chi connectivity index (χ3n) is 4.31. The van der Waals surface area contributed by atoms with Gasteiger partial charge >= 0.3 is 0 Å². The van der Waals surface area contributed by atoms with Crippen molar-refractivity contribution >= 4 is 12.4 Å². The van der Waals surface area contributed by atoms with E-state index in [0.29, 0.717) is 6.61 Å². The standard InChI is InChI=1S/C20H25NO2.ClH/c1-2-12-21(13-10-17-6-4-3-5-7-17)14-11-18-8-9-19-16-22-23-20(19)15-18;/h3-9,15H,2,10-14,16H2,1H3;1H. The Morgan fingerprint density at radius 2 is 1.67 bits per heavy atom. The summed E-state index contributed by atoms with van der Waals surface area (Å²) in [6, 6.07) is 17.2. The highest BCUT2D eigenvalue weighted by molar-refractivity contribution is 5.85. The zero-order chi connectivity index (χ0) is 15.9. The van der Waals surface area contributed by atoms with Crippen LogP contribution in [0.15, 0.2) is 48.5 Å². The normalized spacial score (nSPS) is 12.6. The zero-order valence-corrected chi connectivity index (χ0v) is 15.1. The van der Waals surface area contributed by atoms with Gasteiger partial charge in [0.2, 0.25) is 0 Å². The fourth-order valence-electron chi connectivity index (χ4n) is 2.98. The molecule has 1 aliphatic rings. The topological polar surface area (TPSA) is 21.7 Å². The highest BCUT2D eigenvalue weighted by Gasteiger charge is 2.14. The summed E-state index contributed by atoms with van der Waals surface area (Å²) in [5.74, 6) is 0.883. The minimum Gasteiger partial charge on any atom is -0.337 e. The number of hydrogen-bond donors (Lipinski definition) is 0. The number of benzene rings is 2. The van der Waals surface area contributed by atoms with Gasteiger partial charge in [-0.2, -0.15) is 4.89 Å². The Morgan fingerprint density at radius 1 is 0.917 bits per heavy atom. The van der Waals surface area contributed by atoms with Crippen molar-refractivity contribution in [3.05, 3.63) is 65.2 Å². The molecule has 0 fully saturated rings. The molecule has 24 heavy (non-hydrogen) atoms. The molecule has 130 valence electrons. The lowest BCUT2D eigenvalue weighted by atomic mass is 10.1. The van der Waals surface area contributed by atoms with E-state index in [0.717, 1.165) is 43.8 Å². The molecular weight excluding hydrogens is 322 g/mol. The average molecular weight is 348 g/mol. The molecule has 0 bridgehead atoms. The largest absolute Gasteiger partial charge is 0.337 e. The van der Waals surface area contributed by atoms with E-state index >= 15 is 0 Å². The van der Waals surface area contributed by atoms with Gasteiger partial charge < -0.3 is 9.79 Å². The molecule has 2 aromatic rings. The van der Waals surface area contributed by atoms with Gasteiger partial charge in [0.15, 0.2) is 5.75 Å². The van der Waals surface area contributed by atoms with Gasteiger partial charge in [-0.25, -0.2) is 0 Å². The van der Waals surface area contributed by atoms with Crippen LogP contribution in [-0.2, 0) is 24.3 Å². The lowest BCUT2D eigenvalue weighted by Gasteiger charge is -2.21. The van der Waals surface area contributed by atoms with Crippen molar-refractivity contribution < 1.29 is 9.78 Å². The average Bonchev–Trinajstić information content (AvgIpc) is 3.06. The maximum Gasteiger partial charge on any atom is 0.171 e. The second-order valence-electron chi connectivity index (χ2n) is 6.11. The Bertz CT molecular complexity index is 618. The van der Waals surface area contributed by atoms with Gasteiger partial charge in [-0.1, -0.05) is 49.4 Å². The third-order valence-corrected chi connectivity index (χ3v) is 4.31. The summed E-state index contributed by atoms with van der Waals surface area (Å²) in [4.78, 5) is 12.7. The van der Waals surface area contributed by atoms with Crippen LogP contribution < -0.4 is 4.89 Å². The fraction of sp³-hybridized carbons (Fsp3) is 0.400. The molecule has 0 spiro atoms. The highest BCUT2D eigenvalue weighted by Crippen LogP contribution is 2.27. The molecule has 0 saturated carbocycles. The van der Waals surface area contributed by atoms with Crippen LogP contribution in [0.1, 0.15) is 30.0 Å². The SMILES string of the molecule is CCCN(CCc1ccccc1)CCc1ccc2c(c1)OOC2.Cl. The molecule has 1 heterocycles. The summed E-state index contributed by atoms with van der Waals surface area (Å²) >= 11 is 0. The lowest BCUT2D eigenvalue weighted by Crippen LogP contribution is -2.29. The summed E-state index contributed by atoms with van der Waals surface area (Å²) in [5.41, 5.74) is 3.87. The van der Waals surface area contributed by atoms with Gasteiger partial charge in [-0.05, 0) is 43.0 Å². The maximum atomic E-state index is 5.19. The second-order valence-corrected chi connectivity index (χ2v) is 6.11. The molecule has 0 N–H and O–H groups in total. The van der Waals surface area contributed by atoms with Crippen LogP contribution in [-0.4, -0.2) is 24.5 Å². The van der Waals surface area contributed by atoms with Crippen LogP contribution in [0.5, 0.6) is 5.75 Å². The number of hydrogen-bond acceptors (Lipinski definition) is 3. The molecule has 4 heteroatoms. The highest BCUT2D eigenvalue weighted by atomic mass is 35.5. The van der Waals surface area contributed by atoms with Crippen LogP contribution in [0.2, 0.25) is 0 Å². The van der Waals surface area contributed by atoms with Gasteiger partial charge in [-0.15, -0.1) is 12.4 Å². The third kappa shape index (κ3) is 5.23.